The molecule has 0 aliphatic heterocycles. The van der Waals surface area contributed by atoms with E-state index in [0.717, 1.165) is 33.8 Å². The molecule has 0 N–H and O–H groups in total. The third kappa shape index (κ3) is 4.45. The van der Waals surface area contributed by atoms with Crippen LogP contribution in [0.1, 0.15) is 5.56 Å². The van der Waals surface area contributed by atoms with Gasteiger partial charge < -0.3 is 4.74 Å². The number of ether oxygens (including phenoxy) is 1. The Bertz CT molecular complexity index is 3140. The molecule has 0 aliphatic carbocycles. The van der Waals surface area contributed by atoms with Crippen LogP contribution < -0.4 is 32.4 Å². The highest BCUT2D eigenvalue weighted by Gasteiger charge is 2.28. The minimum absolute atomic E-state index is 0.0592. The summed E-state index contributed by atoms with van der Waals surface area (Å²) < 4.78 is 12.5. The summed E-state index contributed by atoms with van der Waals surface area (Å²) in [6.07, 6.45) is -0.575. The number of aromatic nitrogens is 1. The fourth-order valence-electron chi connectivity index (χ4n) is 6.53. The zero-order valence-electron chi connectivity index (χ0n) is 25.8. The maximum Gasteiger partial charge on any atom is 0.419 e. The summed E-state index contributed by atoms with van der Waals surface area (Å²) in [5.41, 5.74) is 0.505. The normalized spacial score (nSPS) is 12.0. The lowest BCUT2D eigenvalue weighted by Crippen LogP contribution is -2.31. The lowest BCUT2D eigenvalue weighted by atomic mass is 10.2. The highest BCUT2D eigenvalue weighted by Crippen LogP contribution is 2.52. The minimum Gasteiger partial charge on any atom is -0.444 e. The molecule has 244 valence electrons. The Morgan fingerprint density at radius 1 is 0.549 bits per heavy atom. The van der Waals surface area contributed by atoms with E-state index in [4.69, 9.17) is 4.74 Å². The minimum atomic E-state index is -0.575. The smallest absolute Gasteiger partial charge is 0.419 e. The summed E-state index contributed by atoms with van der Waals surface area (Å²) in [6.45, 7) is 0.0592. The van der Waals surface area contributed by atoms with E-state index in [2.05, 4.69) is 9.98 Å². The molecular weight excluding hydrogens is 723 g/mol. The Morgan fingerprint density at radius 2 is 0.961 bits per heavy atom. The average molecular weight is 740 g/mol. The molecule has 0 atom stereocenters. The third-order valence-electron chi connectivity index (χ3n) is 8.83. The number of nitrogens with zero attached hydrogens (tertiary/aromatic N) is 3. The van der Waals surface area contributed by atoms with E-state index in [1.807, 2.05) is 42.5 Å². The van der Waals surface area contributed by atoms with Gasteiger partial charge in [-0.15, -0.1) is 45.3 Å². The molecule has 0 amide bonds. The van der Waals surface area contributed by atoms with Crippen LogP contribution in [0.15, 0.2) is 120 Å². The lowest BCUT2D eigenvalue weighted by Gasteiger charge is -2.07. The van der Waals surface area contributed by atoms with Gasteiger partial charge >= 0.3 is 6.09 Å². The van der Waals surface area contributed by atoms with Gasteiger partial charge in [-0.3, -0.25) is 19.2 Å². The zero-order valence-corrected chi connectivity index (χ0v) is 29.1. The zero-order chi connectivity index (χ0) is 34.5. The molecule has 10 aromatic rings. The number of hydrogen-bond donors (Lipinski definition) is 0. The van der Waals surface area contributed by atoms with Crippen LogP contribution in [0.5, 0.6) is 0 Å². The molecule has 0 aliphatic rings. The predicted octanol–water partition coefficient (Wildman–Crippen LogP) is 7.50. The molecule has 0 bridgehead atoms. The van der Waals surface area contributed by atoms with E-state index in [-0.39, 0.29) is 17.3 Å². The molecule has 0 fully saturated rings. The maximum absolute atomic E-state index is 14.1. The van der Waals surface area contributed by atoms with E-state index in [0.29, 0.717) is 42.6 Å². The van der Waals surface area contributed by atoms with Crippen LogP contribution in [-0.2, 0) is 11.3 Å². The number of fused-ring (bicyclic) bond motifs is 9. The molecule has 9 nitrogen and oxygen atoms in total. The number of rotatable bonds is 4. The standard InChI is InChI=1S/C38H17N3O6S4/c42-30-18-10-4-5-11-19(18)31(43)26(30)39-24-14-22-34(50-24)28-36(48-22)37-29(41(28)38(46)47-16-17-8-2-1-3-9-17)35-23(49-37)15-25(51-35)40-27-32(44)20-12-6-7-13-21(20)33(27)45/h1-15H,16H2. The van der Waals surface area contributed by atoms with Crippen molar-refractivity contribution in [3.8, 4) is 0 Å². The molecular formula is C38H17N3O6S4. The summed E-state index contributed by atoms with van der Waals surface area (Å²) in [6, 6.07) is 26.4. The van der Waals surface area contributed by atoms with Gasteiger partial charge in [0, 0.05) is 21.5 Å². The van der Waals surface area contributed by atoms with Crippen molar-refractivity contribution in [1.29, 1.82) is 0 Å². The Morgan fingerprint density at radius 3 is 1.39 bits per heavy atom. The van der Waals surface area contributed by atoms with E-state index >= 15 is 0 Å². The molecule has 0 saturated heterocycles. The number of benzene rings is 3. The van der Waals surface area contributed by atoms with Crippen LogP contribution in [0.4, 0.5) is 14.8 Å². The van der Waals surface area contributed by atoms with Crippen LogP contribution in [0.3, 0.4) is 0 Å². The van der Waals surface area contributed by atoms with Crippen LogP contribution in [0, 0.1) is 0 Å². The highest BCUT2D eigenvalue weighted by molar-refractivity contribution is 7.39. The van der Waals surface area contributed by atoms with Crippen LogP contribution >= 0.6 is 45.3 Å². The molecule has 51 heavy (non-hydrogen) atoms. The molecule has 0 radical (unpaired) electrons. The van der Waals surface area contributed by atoms with Gasteiger partial charge in [0.05, 0.1) is 39.2 Å². The first-order chi connectivity index (χ1) is 24.9. The van der Waals surface area contributed by atoms with Crippen molar-refractivity contribution < 1.29 is 9.53 Å². The second-order valence-electron chi connectivity index (χ2n) is 11.8. The van der Waals surface area contributed by atoms with Gasteiger partial charge in [0.2, 0.25) is 21.7 Å². The Balaban J connectivity index is 1.18. The van der Waals surface area contributed by atoms with Crippen LogP contribution in [0.25, 0.3) is 60.8 Å². The molecule has 10 rings (SSSR count). The fraction of sp³-hybridized carbons (Fsp3) is 0.0263. The second-order valence-corrected chi connectivity index (χ2v) is 16.0. The first kappa shape index (κ1) is 30.1. The summed E-state index contributed by atoms with van der Waals surface area (Å²) in [5.74, 6) is 0. The molecule has 0 unspecified atom stereocenters. The monoisotopic (exact) mass is 739 g/mol. The van der Waals surface area contributed by atoms with Crippen molar-refractivity contribution in [2.45, 2.75) is 6.61 Å². The highest BCUT2D eigenvalue weighted by atomic mass is 32.1. The molecule has 0 saturated carbocycles. The topological polar surface area (TPSA) is 124 Å². The summed E-state index contributed by atoms with van der Waals surface area (Å²) in [7, 11) is 0. The van der Waals surface area contributed by atoms with Crippen molar-refractivity contribution in [3.05, 3.63) is 148 Å². The Hall–Kier alpha value is -5.73. The van der Waals surface area contributed by atoms with Crippen molar-refractivity contribution >= 4 is 122 Å². The van der Waals surface area contributed by atoms with Gasteiger partial charge in [-0.25, -0.2) is 19.3 Å². The largest absolute Gasteiger partial charge is 0.444 e. The molecule has 5 aromatic heterocycles. The predicted molar refractivity (Wildman–Crippen MR) is 206 cm³/mol. The van der Waals surface area contributed by atoms with E-state index in [1.54, 1.807) is 53.1 Å². The SMILES string of the molecule is O=C(OCc1ccccc1)n1c2c3sc(N=c4c(=O)c5ccccc5c4=O)cc3sc2c2sc3cc(N=c4c(=O)c5ccccc5c4=O)sc3c21. The molecule has 5 heterocycles. The van der Waals surface area contributed by atoms with Crippen molar-refractivity contribution in [3.63, 3.8) is 0 Å². The molecule has 13 heteroatoms. The number of thiophene rings is 4. The summed E-state index contributed by atoms with van der Waals surface area (Å²) in [4.78, 5) is 75.4. The average Bonchev–Trinajstić information content (AvgIpc) is 4.00. The molecule has 5 aromatic carbocycles. The van der Waals surface area contributed by atoms with Gasteiger partial charge in [-0.05, 0) is 17.7 Å². The van der Waals surface area contributed by atoms with Gasteiger partial charge in [0.15, 0.2) is 10.7 Å². The number of carbonyl (C=O) groups is 1. The van der Waals surface area contributed by atoms with Crippen LogP contribution in [-0.4, -0.2) is 10.7 Å². The van der Waals surface area contributed by atoms with Gasteiger partial charge in [-0.2, -0.15) is 0 Å². The van der Waals surface area contributed by atoms with E-state index in [1.165, 1.54) is 45.3 Å². The van der Waals surface area contributed by atoms with E-state index in [9.17, 15) is 24.0 Å². The van der Waals surface area contributed by atoms with Crippen molar-refractivity contribution in [2.24, 2.45) is 9.98 Å². The fourth-order valence-corrected chi connectivity index (χ4v) is 11.6. The Labute approximate surface area is 299 Å². The number of hydrogen-bond acceptors (Lipinski definition) is 12. The maximum atomic E-state index is 14.1. The third-order valence-corrected chi connectivity index (χ3v) is 13.6. The summed E-state index contributed by atoms with van der Waals surface area (Å²) in [5, 5.41) is 2.06. The van der Waals surface area contributed by atoms with Crippen LogP contribution in [0.2, 0.25) is 0 Å². The second kappa shape index (κ2) is 11.1. The van der Waals surface area contributed by atoms with Gasteiger partial charge in [0.25, 0.3) is 0 Å². The van der Waals surface area contributed by atoms with Gasteiger partial charge in [0.1, 0.15) is 16.6 Å². The van der Waals surface area contributed by atoms with Crippen molar-refractivity contribution in [2.75, 3.05) is 0 Å². The summed E-state index contributed by atoms with van der Waals surface area (Å²) >= 11 is 5.58. The molecule has 0 spiro atoms. The quantitative estimate of drug-likeness (QED) is 0.184. The Kier molecular flexibility index (Phi) is 6.58. The van der Waals surface area contributed by atoms with Crippen molar-refractivity contribution in [1.82, 2.24) is 4.57 Å². The first-order valence-corrected chi connectivity index (χ1v) is 18.8. The first-order valence-electron chi connectivity index (χ1n) is 15.5. The van der Waals surface area contributed by atoms with Gasteiger partial charge in [-0.1, -0.05) is 78.9 Å². The number of carbonyl (C=O) groups excluding carboxylic acids is 1. The van der Waals surface area contributed by atoms with E-state index < -0.39 is 27.8 Å². The lowest BCUT2D eigenvalue weighted by molar-refractivity contribution is 0.143.